The number of rotatable bonds is 8. The Hall–Kier alpha value is -0.660. The van der Waals surface area contributed by atoms with Gasteiger partial charge < -0.3 is 4.74 Å². The van der Waals surface area contributed by atoms with E-state index in [1.807, 2.05) is 6.92 Å². The number of hydrogen-bond donors (Lipinski definition) is 1. The van der Waals surface area contributed by atoms with Crippen molar-refractivity contribution in [3.63, 3.8) is 0 Å². The first-order valence-corrected chi connectivity index (χ1v) is 6.09. The van der Waals surface area contributed by atoms with E-state index in [1.165, 1.54) is 0 Å². The summed E-state index contributed by atoms with van der Waals surface area (Å²) in [6.45, 7) is 1.48. The zero-order valence-electron chi connectivity index (χ0n) is 8.64. The van der Waals surface area contributed by atoms with E-state index in [2.05, 4.69) is 8.92 Å². The molecule has 0 aliphatic heterocycles. The van der Waals surface area contributed by atoms with E-state index in [9.17, 15) is 13.2 Å². The monoisotopic (exact) mass is 240 g/mol. The SMILES string of the molecule is CCCCCC(=O)OCCOS(=O)(=O)O. The molecule has 0 bridgehead atoms. The van der Waals surface area contributed by atoms with Crippen LogP contribution in [0.4, 0.5) is 0 Å². The van der Waals surface area contributed by atoms with Gasteiger partial charge in [-0.25, -0.2) is 4.18 Å². The van der Waals surface area contributed by atoms with Crippen LogP contribution < -0.4 is 0 Å². The van der Waals surface area contributed by atoms with Gasteiger partial charge >= 0.3 is 16.4 Å². The standard InChI is InChI=1S/C8H16O6S/c1-2-3-4-5-8(9)13-6-7-14-15(10,11)12/h2-7H2,1H3,(H,10,11,12). The third-order valence-corrected chi connectivity index (χ3v) is 2.03. The number of hydrogen-bond acceptors (Lipinski definition) is 5. The molecule has 6 nitrogen and oxygen atoms in total. The second-order valence-electron chi connectivity index (χ2n) is 2.93. The van der Waals surface area contributed by atoms with E-state index in [1.54, 1.807) is 0 Å². The van der Waals surface area contributed by atoms with Gasteiger partial charge in [0.25, 0.3) is 0 Å². The molecule has 90 valence electrons. The number of carbonyl (C=O) groups is 1. The summed E-state index contributed by atoms with van der Waals surface area (Å²) in [7, 11) is -4.43. The van der Waals surface area contributed by atoms with E-state index < -0.39 is 10.4 Å². The Morgan fingerprint density at radius 1 is 1.27 bits per heavy atom. The van der Waals surface area contributed by atoms with Crippen molar-refractivity contribution in [3.05, 3.63) is 0 Å². The highest BCUT2D eigenvalue weighted by Crippen LogP contribution is 2.00. The molecule has 0 amide bonds. The molecule has 0 fully saturated rings. The Balaban J connectivity index is 3.39. The smallest absolute Gasteiger partial charge is 0.397 e. The third-order valence-electron chi connectivity index (χ3n) is 1.56. The molecule has 0 rings (SSSR count). The second-order valence-corrected chi connectivity index (χ2v) is 4.02. The first-order valence-electron chi connectivity index (χ1n) is 4.73. The third kappa shape index (κ3) is 11.3. The van der Waals surface area contributed by atoms with Gasteiger partial charge in [0, 0.05) is 6.42 Å². The van der Waals surface area contributed by atoms with Crippen LogP contribution >= 0.6 is 0 Å². The fourth-order valence-electron chi connectivity index (χ4n) is 0.886. The molecular formula is C8H16O6S. The Labute approximate surface area is 89.5 Å². The molecule has 0 aromatic carbocycles. The Morgan fingerprint density at radius 2 is 1.93 bits per heavy atom. The second kappa shape index (κ2) is 7.61. The molecule has 0 aromatic rings. The van der Waals surface area contributed by atoms with Gasteiger partial charge in [-0.2, -0.15) is 8.42 Å². The lowest BCUT2D eigenvalue weighted by molar-refractivity contribution is -0.144. The molecule has 0 saturated heterocycles. The van der Waals surface area contributed by atoms with E-state index in [0.717, 1.165) is 19.3 Å². The van der Waals surface area contributed by atoms with Crippen molar-refractivity contribution in [3.8, 4) is 0 Å². The number of ether oxygens (including phenoxy) is 1. The lowest BCUT2D eigenvalue weighted by Gasteiger charge is -2.03. The minimum absolute atomic E-state index is 0.176. The fraction of sp³-hybridized carbons (Fsp3) is 0.875. The summed E-state index contributed by atoms with van der Waals surface area (Å²) in [5, 5.41) is 0. The van der Waals surface area contributed by atoms with Crippen LogP contribution in [0.15, 0.2) is 0 Å². The van der Waals surface area contributed by atoms with Crippen molar-refractivity contribution in [2.75, 3.05) is 13.2 Å². The highest BCUT2D eigenvalue weighted by atomic mass is 32.3. The van der Waals surface area contributed by atoms with E-state index in [4.69, 9.17) is 4.55 Å². The molecule has 0 aliphatic rings. The summed E-state index contributed by atoms with van der Waals surface area (Å²) in [6.07, 6.45) is 3.05. The molecule has 0 aromatic heterocycles. The minimum Gasteiger partial charge on any atom is -0.463 e. The predicted molar refractivity (Wildman–Crippen MR) is 52.6 cm³/mol. The van der Waals surface area contributed by atoms with E-state index in [-0.39, 0.29) is 19.2 Å². The average molecular weight is 240 g/mol. The zero-order valence-corrected chi connectivity index (χ0v) is 9.46. The average Bonchev–Trinajstić information content (AvgIpc) is 2.11. The summed E-state index contributed by atoms with van der Waals surface area (Å²) < 4.78 is 36.9. The first kappa shape index (κ1) is 14.3. The molecule has 0 unspecified atom stereocenters. The Kier molecular flexibility index (Phi) is 7.27. The van der Waals surface area contributed by atoms with E-state index >= 15 is 0 Å². The molecule has 7 heteroatoms. The molecule has 0 spiro atoms. The van der Waals surface area contributed by atoms with Crippen molar-refractivity contribution in [2.45, 2.75) is 32.6 Å². The molecular weight excluding hydrogens is 224 g/mol. The van der Waals surface area contributed by atoms with Crippen molar-refractivity contribution in [1.29, 1.82) is 0 Å². The highest BCUT2D eigenvalue weighted by molar-refractivity contribution is 7.80. The van der Waals surface area contributed by atoms with Crippen molar-refractivity contribution < 1.29 is 26.7 Å². The maximum Gasteiger partial charge on any atom is 0.397 e. The normalized spacial score (nSPS) is 11.3. The van der Waals surface area contributed by atoms with Crippen LogP contribution in [-0.2, 0) is 24.1 Å². The van der Waals surface area contributed by atoms with Gasteiger partial charge in [0.1, 0.15) is 13.2 Å². The van der Waals surface area contributed by atoms with Crippen LogP contribution in [0.5, 0.6) is 0 Å². The topological polar surface area (TPSA) is 89.9 Å². The summed E-state index contributed by atoms with van der Waals surface area (Å²) in [5.74, 6) is -0.387. The number of unbranched alkanes of at least 4 members (excludes halogenated alkanes) is 2. The Morgan fingerprint density at radius 3 is 2.47 bits per heavy atom. The minimum atomic E-state index is -4.43. The summed E-state index contributed by atoms with van der Waals surface area (Å²) in [4.78, 5) is 11.0. The predicted octanol–water partition coefficient (Wildman–Crippen LogP) is 0.929. The molecule has 0 saturated carbocycles. The van der Waals surface area contributed by atoms with Gasteiger partial charge in [0.15, 0.2) is 0 Å². The largest absolute Gasteiger partial charge is 0.463 e. The molecule has 0 heterocycles. The van der Waals surface area contributed by atoms with Crippen LogP contribution in [0.1, 0.15) is 32.6 Å². The lowest BCUT2D eigenvalue weighted by Crippen LogP contribution is -2.13. The van der Waals surface area contributed by atoms with Crippen molar-refractivity contribution >= 4 is 16.4 Å². The quantitative estimate of drug-likeness (QED) is 0.385. The Bertz CT molecular complexity index is 271. The summed E-state index contributed by atoms with van der Waals surface area (Å²) >= 11 is 0. The maximum atomic E-state index is 11.0. The van der Waals surface area contributed by atoms with Crippen molar-refractivity contribution in [2.24, 2.45) is 0 Å². The molecule has 1 N–H and O–H groups in total. The lowest BCUT2D eigenvalue weighted by atomic mass is 10.2. The molecule has 0 aliphatic carbocycles. The van der Waals surface area contributed by atoms with Crippen LogP contribution in [0.2, 0.25) is 0 Å². The van der Waals surface area contributed by atoms with E-state index in [0.29, 0.717) is 6.42 Å². The van der Waals surface area contributed by atoms with Gasteiger partial charge in [-0.1, -0.05) is 19.8 Å². The van der Waals surface area contributed by atoms with Crippen LogP contribution in [0.25, 0.3) is 0 Å². The molecule has 0 radical (unpaired) electrons. The zero-order chi connectivity index (χ0) is 11.7. The first-order chi connectivity index (χ1) is 6.95. The summed E-state index contributed by atoms with van der Waals surface area (Å²) in [5.41, 5.74) is 0. The van der Waals surface area contributed by atoms with Crippen LogP contribution in [-0.4, -0.2) is 32.2 Å². The maximum absolute atomic E-state index is 11.0. The highest BCUT2D eigenvalue weighted by Gasteiger charge is 2.05. The van der Waals surface area contributed by atoms with Gasteiger partial charge in [0.2, 0.25) is 0 Å². The van der Waals surface area contributed by atoms with Gasteiger partial charge in [0.05, 0.1) is 0 Å². The van der Waals surface area contributed by atoms with Gasteiger partial charge in [-0.3, -0.25) is 9.35 Å². The summed E-state index contributed by atoms with van der Waals surface area (Å²) in [6, 6.07) is 0. The molecule has 0 atom stereocenters. The number of carbonyl (C=O) groups excluding carboxylic acids is 1. The van der Waals surface area contributed by atoms with Gasteiger partial charge in [-0.15, -0.1) is 0 Å². The van der Waals surface area contributed by atoms with Crippen molar-refractivity contribution in [1.82, 2.24) is 0 Å². The van der Waals surface area contributed by atoms with Crippen LogP contribution in [0, 0.1) is 0 Å². The number of esters is 1. The molecule has 15 heavy (non-hydrogen) atoms. The fourth-order valence-corrected chi connectivity index (χ4v) is 1.16. The van der Waals surface area contributed by atoms with Gasteiger partial charge in [-0.05, 0) is 6.42 Å². The van der Waals surface area contributed by atoms with Crippen LogP contribution in [0.3, 0.4) is 0 Å².